The number of rotatable bonds is 3. The summed E-state index contributed by atoms with van der Waals surface area (Å²) >= 11 is 16.8. The maximum Gasteiger partial charge on any atom is 0.338 e. The number of phenols is 1. The molecule has 2 aromatic carbocycles. The zero-order valence-corrected chi connectivity index (χ0v) is 13.9. The van der Waals surface area contributed by atoms with Gasteiger partial charge in [0.05, 0.1) is 0 Å². The summed E-state index contributed by atoms with van der Waals surface area (Å²) in [5, 5.41) is 9.38. The Morgan fingerprint density at radius 2 is 1.24 bits per heavy atom. The Morgan fingerprint density at radius 3 is 1.67 bits per heavy atom. The van der Waals surface area contributed by atoms with Crippen LogP contribution in [-0.2, 0) is 5.41 Å². The van der Waals surface area contributed by atoms with E-state index in [9.17, 15) is 5.11 Å². The van der Waals surface area contributed by atoms with E-state index in [2.05, 4.69) is 13.8 Å². The summed E-state index contributed by atoms with van der Waals surface area (Å²) in [7, 11) is 0. The van der Waals surface area contributed by atoms with Crippen LogP contribution in [0.5, 0.6) is 11.5 Å². The van der Waals surface area contributed by atoms with E-state index in [0.717, 1.165) is 11.1 Å². The van der Waals surface area contributed by atoms with Crippen molar-refractivity contribution in [2.24, 2.45) is 0 Å². The van der Waals surface area contributed by atoms with Crippen LogP contribution in [0.1, 0.15) is 25.0 Å². The third-order valence-corrected chi connectivity index (χ3v) is 3.63. The minimum Gasteiger partial charge on any atom is -0.508 e. The fourth-order valence-corrected chi connectivity index (χ4v) is 2.39. The van der Waals surface area contributed by atoms with E-state index in [0.29, 0.717) is 5.75 Å². The highest BCUT2D eigenvalue weighted by Gasteiger charge is 2.25. The van der Waals surface area contributed by atoms with Gasteiger partial charge < -0.3 is 9.84 Å². The van der Waals surface area contributed by atoms with E-state index in [-0.39, 0.29) is 11.2 Å². The molecule has 2 aromatic rings. The number of hydrogen-bond donors (Lipinski definition) is 1. The topological polar surface area (TPSA) is 29.5 Å². The second-order valence-electron chi connectivity index (χ2n) is 5.24. The second-order valence-corrected chi connectivity index (χ2v) is 7.42. The molecule has 21 heavy (non-hydrogen) atoms. The van der Waals surface area contributed by atoms with Crippen molar-refractivity contribution < 1.29 is 9.84 Å². The number of phenolic OH excluding ortho intramolecular Hbond substituents is 1. The molecule has 0 fully saturated rings. The van der Waals surface area contributed by atoms with Gasteiger partial charge in [-0.25, -0.2) is 0 Å². The molecule has 0 bridgehead atoms. The van der Waals surface area contributed by atoms with Gasteiger partial charge in [-0.2, -0.15) is 0 Å². The van der Waals surface area contributed by atoms with Gasteiger partial charge in [-0.3, -0.25) is 0 Å². The summed E-state index contributed by atoms with van der Waals surface area (Å²) in [5.41, 5.74) is 1.96. The number of ether oxygens (including phenoxy) is 1. The molecule has 0 unspecified atom stereocenters. The number of halogens is 3. The monoisotopic (exact) mass is 344 g/mol. The lowest BCUT2D eigenvalue weighted by Crippen LogP contribution is -2.19. The zero-order valence-electron chi connectivity index (χ0n) is 11.6. The molecule has 0 heterocycles. The van der Waals surface area contributed by atoms with Crippen molar-refractivity contribution in [2.45, 2.75) is 23.2 Å². The lowest BCUT2D eigenvalue weighted by atomic mass is 9.78. The first-order chi connectivity index (χ1) is 9.68. The molecule has 0 aliphatic rings. The van der Waals surface area contributed by atoms with Crippen LogP contribution in [0.2, 0.25) is 0 Å². The predicted molar refractivity (Wildman–Crippen MR) is 87.6 cm³/mol. The molecular weight excluding hydrogens is 331 g/mol. The molecule has 2 nitrogen and oxygen atoms in total. The molecule has 0 aliphatic carbocycles. The highest BCUT2D eigenvalue weighted by Crippen LogP contribution is 2.35. The normalized spacial score (nSPS) is 12.2. The first-order valence-corrected chi connectivity index (χ1v) is 7.48. The van der Waals surface area contributed by atoms with Gasteiger partial charge in [-0.05, 0) is 70.2 Å². The Labute approximate surface area is 139 Å². The highest BCUT2D eigenvalue weighted by molar-refractivity contribution is 6.66. The van der Waals surface area contributed by atoms with Crippen molar-refractivity contribution in [3.8, 4) is 11.5 Å². The van der Waals surface area contributed by atoms with E-state index < -0.39 is 3.98 Å². The minimum atomic E-state index is -1.77. The number of alkyl halides is 3. The molecule has 0 saturated heterocycles. The zero-order chi connectivity index (χ0) is 15.7. The average molecular weight is 346 g/mol. The van der Waals surface area contributed by atoms with Crippen LogP contribution in [-0.4, -0.2) is 9.09 Å². The average Bonchev–Trinajstić information content (AvgIpc) is 2.38. The van der Waals surface area contributed by atoms with Crippen molar-refractivity contribution in [1.29, 1.82) is 0 Å². The van der Waals surface area contributed by atoms with Crippen LogP contribution in [0.3, 0.4) is 0 Å². The maximum atomic E-state index is 9.38. The molecule has 0 saturated carbocycles. The summed E-state index contributed by atoms with van der Waals surface area (Å²) in [6.07, 6.45) is 0. The first-order valence-electron chi connectivity index (χ1n) is 6.34. The number of aromatic hydroxyl groups is 1. The number of benzene rings is 2. The van der Waals surface area contributed by atoms with Gasteiger partial charge in [-0.15, -0.1) is 0 Å². The molecule has 1 N–H and O–H groups in total. The molecule has 0 aromatic heterocycles. The lowest BCUT2D eigenvalue weighted by molar-refractivity contribution is 0.320. The molecule has 5 heteroatoms. The fourth-order valence-electron chi connectivity index (χ4n) is 2.12. The van der Waals surface area contributed by atoms with Crippen molar-refractivity contribution in [1.82, 2.24) is 0 Å². The predicted octanol–water partition coefficient (Wildman–Crippen LogP) is 5.42. The van der Waals surface area contributed by atoms with Crippen molar-refractivity contribution in [3.63, 3.8) is 0 Å². The van der Waals surface area contributed by atoms with Crippen molar-refractivity contribution in [3.05, 3.63) is 59.7 Å². The molecule has 0 aliphatic heterocycles. The molecule has 0 amide bonds. The van der Waals surface area contributed by atoms with Crippen LogP contribution in [0, 0.1) is 0 Å². The van der Waals surface area contributed by atoms with Crippen LogP contribution in [0.25, 0.3) is 0 Å². The van der Waals surface area contributed by atoms with E-state index in [1.54, 1.807) is 24.3 Å². The Hall–Kier alpha value is -1.09. The van der Waals surface area contributed by atoms with Crippen LogP contribution in [0.4, 0.5) is 0 Å². The number of hydrogen-bond acceptors (Lipinski definition) is 2. The molecule has 0 atom stereocenters. The van der Waals surface area contributed by atoms with Gasteiger partial charge in [0, 0.05) is 5.41 Å². The fraction of sp³-hybridized carbons (Fsp3) is 0.250. The van der Waals surface area contributed by atoms with Gasteiger partial charge in [0.2, 0.25) is 0 Å². The van der Waals surface area contributed by atoms with E-state index >= 15 is 0 Å². The van der Waals surface area contributed by atoms with E-state index in [1.807, 2.05) is 24.3 Å². The SMILES string of the molecule is CC(C)(c1ccc(O)cc1)c1ccc(OC(Cl)(Cl)Cl)cc1. The smallest absolute Gasteiger partial charge is 0.338 e. The summed E-state index contributed by atoms with van der Waals surface area (Å²) in [6, 6.07) is 14.5. The molecule has 112 valence electrons. The van der Waals surface area contributed by atoms with Gasteiger partial charge in [0.15, 0.2) is 0 Å². The van der Waals surface area contributed by atoms with E-state index in [1.165, 1.54) is 0 Å². The third kappa shape index (κ3) is 4.19. The Bertz CT molecular complexity index is 599. The van der Waals surface area contributed by atoms with Gasteiger partial charge >= 0.3 is 3.98 Å². The van der Waals surface area contributed by atoms with Crippen molar-refractivity contribution in [2.75, 3.05) is 0 Å². The first kappa shape index (κ1) is 16.3. The molecule has 2 rings (SSSR count). The van der Waals surface area contributed by atoms with Gasteiger partial charge in [0.25, 0.3) is 0 Å². The molecule has 0 spiro atoms. The van der Waals surface area contributed by atoms with Crippen LogP contribution < -0.4 is 4.74 Å². The van der Waals surface area contributed by atoms with Gasteiger partial charge in [-0.1, -0.05) is 38.1 Å². The summed E-state index contributed by atoms with van der Waals surface area (Å²) < 4.78 is 3.38. The lowest BCUT2D eigenvalue weighted by Gasteiger charge is -2.26. The summed E-state index contributed by atoms with van der Waals surface area (Å²) in [4.78, 5) is 0. The van der Waals surface area contributed by atoms with Crippen molar-refractivity contribution >= 4 is 34.8 Å². The quantitative estimate of drug-likeness (QED) is 0.752. The standard InChI is InChI=1S/C16H15Cl3O2/c1-15(2,11-3-7-13(20)8-4-11)12-5-9-14(10-6-12)21-16(17,18)19/h3-10,20H,1-2H3. The summed E-state index contributed by atoms with van der Waals surface area (Å²) in [6.45, 7) is 4.20. The van der Waals surface area contributed by atoms with Gasteiger partial charge in [0.1, 0.15) is 11.5 Å². The van der Waals surface area contributed by atoms with E-state index in [4.69, 9.17) is 39.5 Å². The molecular formula is C16H15Cl3O2. The third-order valence-electron chi connectivity index (χ3n) is 3.40. The van der Waals surface area contributed by atoms with Crippen LogP contribution in [0.15, 0.2) is 48.5 Å². The Balaban J connectivity index is 2.26. The Kier molecular flexibility index (Phi) is 4.62. The largest absolute Gasteiger partial charge is 0.508 e. The second kappa shape index (κ2) is 5.96. The summed E-state index contributed by atoms with van der Waals surface area (Å²) in [5.74, 6) is 0.737. The molecule has 0 radical (unpaired) electrons. The maximum absolute atomic E-state index is 9.38. The van der Waals surface area contributed by atoms with Crippen LogP contribution >= 0.6 is 34.8 Å². The highest BCUT2D eigenvalue weighted by atomic mass is 35.6. The Morgan fingerprint density at radius 1 is 0.810 bits per heavy atom. The minimum absolute atomic E-state index is 0.216.